The Morgan fingerprint density at radius 2 is 1.90 bits per heavy atom. The van der Waals surface area contributed by atoms with Crippen molar-refractivity contribution < 1.29 is 17.9 Å². The van der Waals surface area contributed by atoms with Gasteiger partial charge < -0.3 is 21.2 Å². The fraction of sp³-hybridized carbons (Fsp3) is 0.100. The van der Waals surface area contributed by atoms with Crippen molar-refractivity contribution in [2.24, 2.45) is 5.73 Å². The Morgan fingerprint density at radius 1 is 1.10 bits per heavy atom. The lowest BCUT2D eigenvalue weighted by Gasteiger charge is -2.13. The van der Waals surface area contributed by atoms with Crippen LogP contribution >= 0.6 is 0 Å². The van der Waals surface area contributed by atoms with E-state index in [0.717, 1.165) is 12.1 Å². The molecule has 0 spiro atoms. The summed E-state index contributed by atoms with van der Waals surface area (Å²) in [5.74, 6) is 0.174. The first-order chi connectivity index (χ1) is 14.8. The van der Waals surface area contributed by atoms with Crippen LogP contribution in [-0.4, -0.2) is 19.9 Å². The number of aromatic amines is 1. The number of benzene rings is 2. The van der Waals surface area contributed by atoms with Crippen molar-refractivity contribution in [3.05, 3.63) is 70.3 Å². The second-order valence-electron chi connectivity index (χ2n) is 6.52. The van der Waals surface area contributed by atoms with Crippen molar-refractivity contribution in [3.8, 4) is 22.9 Å². The number of aromatic nitrogens is 4. The molecule has 0 atom stereocenters. The van der Waals surface area contributed by atoms with Gasteiger partial charge in [-0.05, 0) is 29.8 Å². The standard InChI is InChI=1S/C20H15F3N6O2/c21-20(22,23)11-4-5-12(10(6-11)8-24)14-7-16(27-9-26-14)31-15-3-1-2-13-17(15)29-18(25)19(30)28-13/h1-7,9H,8,24H2,(H2,25,29)(H,28,30). The van der Waals surface area contributed by atoms with E-state index in [4.69, 9.17) is 16.2 Å². The van der Waals surface area contributed by atoms with Gasteiger partial charge in [-0.2, -0.15) is 13.2 Å². The summed E-state index contributed by atoms with van der Waals surface area (Å²) in [6, 6.07) is 9.62. The molecule has 11 heteroatoms. The molecule has 0 aliphatic heterocycles. The number of halogens is 3. The molecular formula is C20H15F3N6O2. The smallest absolute Gasteiger partial charge is 0.416 e. The van der Waals surface area contributed by atoms with Gasteiger partial charge in [0, 0.05) is 18.2 Å². The highest BCUT2D eigenvalue weighted by molar-refractivity contribution is 5.82. The predicted molar refractivity (Wildman–Crippen MR) is 107 cm³/mol. The fourth-order valence-corrected chi connectivity index (χ4v) is 3.02. The van der Waals surface area contributed by atoms with Crippen LogP contribution in [0.3, 0.4) is 0 Å². The third kappa shape index (κ3) is 4.03. The lowest BCUT2D eigenvalue weighted by Crippen LogP contribution is -2.13. The van der Waals surface area contributed by atoms with Crippen molar-refractivity contribution in [3.63, 3.8) is 0 Å². The number of H-pyrrole nitrogens is 1. The summed E-state index contributed by atoms with van der Waals surface area (Å²) in [6.45, 7) is -0.112. The summed E-state index contributed by atoms with van der Waals surface area (Å²) in [4.78, 5) is 26.5. The van der Waals surface area contributed by atoms with Gasteiger partial charge in [-0.1, -0.05) is 12.1 Å². The van der Waals surface area contributed by atoms with Gasteiger partial charge in [-0.15, -0.1) is 0 Å². The SMILES string of the molecule is NCc1cc(C(F)(F)F)ccc1-c1cc(Oc2cccc3[nH]c(=O)c(N)nc23)ncn1. The maximum Gasteiger partial charge on any atom is 0.416 e. The van der Waals surface area contributed by atoms with E-state index in [1.165, 1.54) is 18.5 Å². The topological polar surface area (TPSA) is 133 Å². The highest BCUT2D eigenvalue weighted by atomic mass is 19.4. The average molecular weight is 428 g/mol. The Morgan fingerprint density at radius 3 is 2.65 bits per heavy atom. The van der Waals surface area contributed by atoms with E-state index < -0.39 is 17.3 Å². The molecule has 158 valence electrons. The fourth-order valence-electron chi connectivity index (χ4n) is 3.02. The third-order valence-electron chi connectivity index (χ3n) is 4.50. The summed E-state index contributed by atoms with van der Waals surface area (Å²) in [6.07, 6.45) is -3.26. The molecule has 4 aromatic rings. The molecule has 5 N–H and O–H groups in total. The molecule has 0 fully saturated rings. The zero-order valence-electron chi connectivity index (χ0n) is 15.8. The third-order valence-corrected chi connectivity index (χ3v) is 4.50. The maximum atomic E-state index is 13.0. The van der Waals surface area contributed by atoms with Crippen LogP contribution in [0.15, 0.2) is 53.6 Å². The quantitative estimate of drug-likeness (QED) is 0.454. The van der Waals surface area contributed by atoms with Gasteiger partial charge in [0.1, 0.15) is 11.8 Å². The van der Waals surface area contributed by atoms with Gasteiger partial charge in [0.2, 0.25) is 5.88 Å². The van der Waals surface area contributed by atoms with Crippen LogP contribution in [-0.2, 0) is 12.7 Å². The number of nitrogens with two attached hydrogens (primary N) is 2. The molecule has 4 rings (SSSR count). The predicted octanol–water partition coefficient (Wildman–Crippen LogP) is 3.23. The molecule has 0 aliphatic rings. The number of hydrogen-bond donors (Lipinski definition) is 3. The minimum absolute atomic E-state index is 0.112. The lowest BCUT2D eigenvalue weighted by atomic mass is 10.0. The van der Waals surface area contributed by atoms with Crippen molar-refractivity contribution in [1.82, 2.24) is 19.9 Å². The van der Waals surface area contributed by atoms with E-state index >= 15 is 0 Å². The molecule has 31 heavy (non-hydrogen) atoms. The van der Waals surface area contributed by atoms with E-state index in [1.54, 1.807) is 18.2 Å². The molecule has 0 bridgehead atoms. The molecule has 0 aliphatic carbocycles. The minimum Gasteiger partial charge on any atom is -0.437 e. The summed E-state index contributed by atoms with van der Waals surface area (Å²) in [7, 11) is 0. The van der Waals surface area contributed by atoms with Crippen LogP contribution in [0.2, 0.25) is 0 Å². The molecular weight excluding hydrogens is 413 g/mol. The molecule has 2 aromatic heterocycles. The Balaban J connectivity index is 1.73. The van der Waals surface area contributed by atoms with E-state index in [1.807, 2.05) is 0 Å². The van der Waals surface area contributed by atoms with E-state index in [0.29, 0.717) is 22.3 Å². The Kier molecular flexibility index (Phi) is 5.03. The van der Waals surface area contributed by atoms with Crippen molar-refractivity contribution in [1.29, 1.82) is 0 Å². The number of nitrogens with one attached hydrogen (secondary N) is 1. The molecule has 0 amide bonds. The minimum atomic E-state index is -4.48. The Bertz CT molecular complexity index is 1340. The van der Waals surface area contributed by atoms with Crippen LogP contribution in [0.25, 0.3) is 22.3 Å². The Hall–Kier alpha value is -3.99. The number of hydrogen-bond acceptors (Lipinski definition) is 7. The van der Waals surface area contributed by atoms with Crippen LogP contribution in [0.5, 0.6) is 11.6 Å². The first-order valence-corrected chi connectivity index (χ1v) is 8.95. The molecule has 0 saturated carbocycles. The Labute approximate surface area is 172 Å². The summed E-state index contributed by atoms with van der Waals surface area (Å²) in [5.41, 5.74) is 11.7. The van der Waals surface area contributed by atoms with E-state index in [9.17, 15) is 18.0 Å². The molecule has 2 aromatic carbocycles. The number of nitrogens with zero attached hydrogens (tertiary/aromatic N) is 3. The second-order valence-corrected chi connectivity index (χ2v) is 6.52. The van der Waals surface area contributed by atoms with Crippen molar-refractivity contribution in [2.75, 3.05) is 5.73 Å². The lowest BCUT2D eigenvalue weighted by molar-refractivity contribution is -0.137. The number of alkyl halides is 3. The monoisotopic (exact) mass is 428 g/mol. The number of para-hydroxylation sites is 1. The largest absolute Gasteiger partial charge is 0.437 e. The van der Waals surface area contributed by atoms with Crippen LogP contribution in [0.1, 0.15) is 11.1 Å². The average Bonchev–Trinajstić information content (AvgIpc) is 2.74. The molecule has 0 unspecified atom stereocenters. The zero-order chi connectivity index (χ0) is 22.2. The highest BCUT2D eigenvalue weighted by Crippen LogP contribution is 2.34. The highest BCUT2D eigenvalue weighted by Gasteiger charge is 2.31. The molecule has 8 nitrogen and oxygen atoms in total. The van der Waals surface area contributed by atoms with Gasteiger partial charge in [-0.3, -0.25) is 4.79 Å². The summed E-state index contributed by atoms with van der Waals surface area (Å²) >= 11 is 0. The number of ether oxygens (including phenoxy) is 1. The molecule has 2 heterocycles. The van der Waals surface area contributed by atoms with Gasteiger partial charge in [-0.25, -0.2) is 15.0 Å². The number of fused-ring (bicyclic) bond motifs is 1. The zero-order valence-corrected chi connectivity index (χ0v) is 15.8. The number of nitrogen functional groups attached to an aromatic ring is 1. The van der Waals surface area contributed by atoms with Gasteiger partial charge in [0.25, 0.3) is 5.56 Å². The van der Waals surface area contributed by atoms with Crippen molar-refractivity contribution >= 4 is 16.9 Å². The summed E-state index contributed by atoms with van der Waals surface area (Å²) in [5, 5.41) is 0. The van der Waals surface area contributed by atoms with Crippen LogP contribution < -0.4 is 21.8 Å². The summed E-state index contributed by atoms with van der Waals surface area (Å²) < 4.78 is 44.8. The first kappa shape index (κ1) is 20.3. The van der Waals surface area contributed by atoms with Gasteiger partial charge in [0.05, 0.1) is 16.8 Å². The normalized spacial score (nSPS) is 11.6. The molecule has 0 radical (unpaired) electrons. The first-order valence-electron chi connectivity index (χ1n) is 8.95. The number of rotatable bonds is 4. The van der Waals surface area contributed by atoms with Gasteiger partial charge in [0.15, 0.2) is 11.6 Å². The second kappa shape index (κ2) is 7.69. The van der Waals surface area contributed by atoms with Crippen molar-refractivity contribution in [2.45, 2.75) is 12.7 Å². The number of anilines is 1. The van der Waals surface area contributed by atoms with Gasteiger partial charge >= 0.3 is 6.18 Å². The van der Waals surface area contributed by atoms with E-state index in [-0.39, 0.29) is 29.6 Å². The van der Waals surface area contributed by atoms with Crippen LogP contribution in [0, 0.1) is 0 Å². The molecule has 0 saturated heterocycles. The maximum absolute atomic E-state index is 13.0. The van der Waals surface area contributed by atoms with E-state index in [2.05, 4.69) is 19.9 Å². The van der Waals surface area contributed by atoms with Crippen LogP contribution in [0.4, 0.5) is 19.0 Å².